The number of nitrogens with two attached hydrogens (primary N) is 1. The van der Waals surface area contributed by atoms with Gasteiger partial charge in [-0.05, 0) is 49.6 Å². The number of benzene rings is 1. The van der Waals surface area contributed by atoms with Crippen LogP contribution in [0.5, 0.6) is 0 Å². The number of aryl methyl sites for hydroxylation is 2. The van der Waals surface area contributed by atoms with Gasteiger partial charge in [-0.1, -0.05) is 12.1 Å². The van der Waals surface area contributed by atoms with E-state index >= 15 is 0 Å². The van der Waals surface area contributed by atoms with Crippen LogP contribution in [0.2, 0.25) is 0 Å². The molecule has 4 heteroatoms. The Morgan fingerprint density at radius 2 is 2.05 bits per heavy atom. The van der Waals surface area contributed by atoms with E-state index in [1.807, 2.05) is 39.0 Å². The van der Waals surface area contributed by atoms with Crippen molar-refractivity contribution in [1.29, 1.82) is 0 Å². The summed E-state index contributed by atoms with van der Waals surface area (Å²) >= 11 is 0. The molecule has 104 valence electrons. The lowest BCUT2D eigenvalue weighted by Crippen LogP contribution is -2.27. The molecule has 1 aromatic carbocycles. The van der Waals surface area contributed by atoms with Crippen LogP contribution in [0.1, 0.15) is 40.0 Å². The topological polar surface area (TPSA) is 68.0 Å². The van der Waals surface area contributed by atoms with Crippen LogP contribution in [0, 0.1) is 13.8 Å². The van der Waals surface area contributed by atoms with Gasteiger partial charge in [0.05, 0.1) is 6.04 Å². The smallest absolute Gasteiger partial charge is 0.252 e. The highest BCUT2D eigenvalue weighted by Gasteiger charge is 2.14. The van der Waals surface area contributed by atoms with Crippen LogP contribution in [0.4, 0.5) is 5.69 Å². The maximum absolute atomic E-state index is 12.3. The zero-order valence-corrected chi connectivity index (χ0v) is 12.0. The van der Waals surface area contributed by atoms with Crippen LogP contribution < -0.4 is 11.1 Å². The van der Waals surface area contributed by atoms with Crippen LogP contribution in [0.3, 0.4) is 0 Å². The Labute approximate surface area is 119 Å². The van der Waals surface area contributed by atoms with Crippen molar-refractivity contribution in [2.75, 3.05) is 5.73 Å². The number of hydrogen-bond acceptors (Lipinski definition) is 3. The van der Waals surface area contributed by atoms with Crippen molar-refractivity contribution >= 4 is 11.6 Å². The minimum atomic E-state index is -0.120. The van der Waals surface area contributed by atoms with Crippen molar-refractivity contribution in [3.63, 3.8) is 0 Å². The molecule has 2 aromatic rings. The summed E-state index contributed by atoms with van der Waals surface area (Å²) in [6.45, 7) is 5.78. The summed E-state index contributed by atoms with van der Waals surface area (Å²) in [5.41, 5.74) is 10.0. The second-order valence-corrected chi connectivity index (χ2v) is 5.01. The zero-order valence-electron chi connectivity index (χ0n) is 12.0. The largest absolute Gasteiger partial charge is 0.398 e. The molecule has 0 fully saturated rings. The van der Waals surface area contributed by atoms with Gasteiger partial charge in [-0.25, -0.2) is 0 Å². The predicted octanol–water partition coefficient (Wildman–Crippen LogP) is 2.77. The lowest BCUT2D eigenvalue weighted by atomic mass is 10.0. The molecule has 1 aromatic heterocycles. The van der Waals surface area contributed by atoms with Gasteiger partial charge < -0.3 is 11.1 Å². The van der Waals surface area contributed by atoms with E-state index in [1.54, 1.807) is 18.5 Å². The second kappa shape index (κ2) is 5.74. The maximum Gasteiger partial charge on any atom is 0.252 e. The number of nitrogens with zero attached hydrogens (tertiary/aromatic N) is 1. The van der Waals surface area contributed by atoms with E-state index in [0.29, 0.717) is 11.3 Å². The van der Waals surface area contributed by atoms with Gasteiger partial charge in [0.15, 0.2) is 0 Å². The second-order valence-electron chi connectivity index (χ2n) is 5.01. The molecule has 1 heterocycles. The SMILES string of the molecule is Cc1cc(C)c(C(=O)NC(C)c2cccnc2)cc1N. The van der Waals surface area contributed by atoms with Crippen LogP contribution in [-0.2, 0) is 0 Å². The molecule has 0 aliphatic rings. The Balaban J connectivity index is 2.19. The summed E-state index contributed by atoms with van der Waals surface area (Å²) in [7, 11) is 0. The lowest BCUT2D eigenvalue weighted by Gasteiger charge is -2.15. The van der Waals surface area contributed by atoms with Crippen molar-refractivity contribution in [3.8, 4) is 0 Å². The maximum atomic E-state index is 12.3. The molecule has 4 nitrogen and oxygen atoms in total. The normalized spacial score (nSPS) is 11.9. The van der Waals surface area contributed by atoms with E-state index in [0.717, 1.165) is 16.7 Å². The van der Waals surface area contributed by atoms with E-state index in [4.69, 9.17) is 5.73 Å². The number of carbonyl (C=O) groups excluding carboxylic acids is 1. The molecule has 0 bridgehead atoms. The molecule has 1 unspecified atom stereocenters. The van der Waals surface area contributed by atoms with Gasteiger partial charge in [-0.2, -0.15) is 0 Å². The minimum Gasteiger partial charge on any atom is -0.398 e. The molecular formula is C16H19N3O. The number of hydrogen-bond donors (Lipinski definition) is 2. The first-order valence-corrected chi connectivity index (χ1v) is 6.56. The number of nitrogens with one attached hydrogen (secondary N) is 1. The summed E-state index contributed by atoms with van der Waals surface area (Å²) in [6, 6.07) is 7.36. The molecule has 0 spiro atoms. The fourth-order valence-corrected chi connectivity index (χ4v) is 2.10. The number of amides is 1. The van der Waals surface area contributed by atoms with Crippen LogP contribution in [0.25, 0.3) is 0 Å². The van der Waals surface area contributed by atoms with Crippen molar-refractivity contribution in [2.45, 2.75) is 26.8 Å². The fourth-order valence-electron chi connectivity index (χ4n) is 2.10. The molecule has 1 amide bonds. The Bertz CT molecular complexity index is 623. The van der Waals surface area contributed by atoms with Crippen molar-refractivity contribution in [3.05, 3.63) is 58.9 Å². The van der Waals surface area contributed by atoms with E-state index in [2.05, 4.69) is 10.3 Å². The predicted molar refractivity (Wildman–Crippen MR) is 80.4 cm³/mol. The standard InChI is InChI=1S/C16H19N3O/c1-10-7-11(2)15(17)8-14(10)16(20)19-12(3)13-5-4-6-18-9-13/h4-9,12H,17H2,1-3H3,(H,19,20). The van der Waals surface area contributed by atoms with Gasteiger partial charge in [0.1, 0.15) is 0 Å². The summed E-state index contributed by atoms with van der Waals surface area (Å²) in [5.74, 6) is -0.120. The average molecular weight is 269 g/mol. The summed E-state index contributed by atoms with van der Waals surface area (Å²) < 4.78 is 0. The number of rotatable bonds is 3. The van der Waals surface area contributed by atoms with E-state index in [9.17, 15) is 4.79 Å². The van der Waals surface area contributed by atoms with Gasteiger partial charge in [-0.3, -0.25) is 9.78 Å². The fraction of sp³-hybridized carbons (Fsp3) is 0.250. The zero-order chi connectivity index (χ0) is 14.7. The van der Waals surface area contributed by atoms with Crippen LogP contribution >= 0.6 is 0 Å². The quantitative estimate of drug-likeness (QED) is 0.842. The number of pyridine rings is 1. The highest BCUT2D eigenvalue weighted by Crippen LogP contribution is 2.19. The summed E-state index contributed by atoms with van der Waals surface area (Å²) in [4.78, 5) is 16.4. The third-order valence-electron chi connectivity index (χ3n) is 3.39. The summed E-state index contributed by atoms with van der Waals surface area (Å²) in [6.07, 6.45) is 3.46. The molecule has 3 N–H and O–H groups in total. The van der Waals surface area contributed by atoms with Crippen molar-refractivity contribution in [1.82, 2.24) is 10.3 Å². The first-order valence-electron chi connectivity index (χ1n) is 6.56. The molecule has 1 atom stereocenters. The summed E-state index contributed by atoms with van der Waals surface area (Å²) in [5, 5.41) is 2.97. The van der Waals surface area contributed by atoms with Crippen LogP contribution in [-0.4, -0.2) is 10.9 Å². The van der Waals surface area contributed by atoms with Gasteiger partial charge >= 0.3 is 0 Å². The first-order chi connectivity index (χ1) is 9.49. The Hall–Kier alpha value is -2.36. The van der Waals surface area contributed by atoms with Crippen molar-refractivity contribution < 1.29 is 4.79 Å². The van der Waals surface area contributed by atoms with E-state index in [-0.39, 0.29) is 11.9 Å². The molecule has 0 saturated heterocycles. The highest BCUT2D eigenvalue weighted by molar-refractivity contribution is 5.97. The molecule has 0 radical (unpaired) electrons. The van der Waals surface area contributed by atoms with Crippen molar-refractivity contribution in [2.24, 2.45) is 0 Å². The number of anilines is 1. The van der Waals surface area contributed by atoms with Gasteiger partial charge in [0, 0.05) is 23.6 Å². The molecule has 0 aliphatic heterocycles. The lowest BCUT2D eigenvalue weighted by molar-refractivity contribution is 0.0939. The number of aromatic nitrogens is 1. The molecule has 2 rings (SSSR count). The average Bonchev–Trinajstić information content (AvgIpc) is 2.43. The highest BCUT2D eigenvalue weighted by atomic mass is 16.1. The monoisotopic (exact) mass is 269 g/mol. The van der Waals surface area contributed by atoms with E-state index < -0.39 is 0 Å². The molecule has 0 saturated carbocycles. The van der Waals surface area contributed by atoms with Gasteiger partial charge in [0.2, 0.25) is 0 Å². The van der Waals surface area contributed by atoms with Gasteiger partial charge in [0.25, 0.3) is 5.91 Å². The Kier molecular flexibility index (Phi) is 4.03. The molecular weight excluding hydrogens is 250 g/mol. The Morgan fingerprint density at radius 3 is 2.70 bits per heavy atom. The van der Waals surface area contributed by atoms with Crippen LogP contribution in [0.15, 0.2) is 36.7 Å². The van der Waals surface area contributed by atoms with Gasteiger partial charge in [-0.15, -0.1) is 0 Å². The molecule has 0 aliphatic carbocycles. The third-order valence-corrected chi connectivity index (χ3v) is 3.39. The third kappa shape index (κ3) is 2.96. The Morgan fingerprint density at radius 1 is 1.30 bits per heavy atom. The van der Waals surface area contributed by atoms with E-state index in [1.165, 1.54) is 0 Å². The molecule has 20 heavy (non-hydrogen) atoms. The first kappa shape index (κ1) is 14.1. The minimum absolute atomic E-state index is 0.0990. The number of carbonyl (C=O) groups is 1. The number of nitrogen functional groups attached to an aromatic ring is 1.